The van der Waals surface area contributed by atoms with Crippen molar-refractivity contribution in [1.29, 1.82) is 0 Å². The molecule has 1 heterocycles. The summed E-state index contributed by atoms with van der Waals surface area (Å²) in [7, 11) is 0. The predicted octanol–water partition coefficient (Wildman–Crippen LogP) is 4.48. The van der Waals surface area contributed by atoms with Crippen LogP contribution in [0.25, 0.3) is 11.4 Å². The standard InChI is InChI=1S/C24H27IN6O2S/c1-14-12-15(22-27-28-29-31(22)16-9-10-16)8-11-19(14)30(24(2,3)13-34-4)23(33)17-6-5-7-18(25)20(17)21(26)32/h5-8,11-12,16H,9-10,13H2,1-4H3,(H2,26,32). The van der Waals surface area contributed by atoms with Gasteiger partial charge in [0.15, 0.2) is 5.82 Å². The summed E-state index contributed by atoms with van der Waals surface area (Å²) in [6.07, 6.45) is 4.18. The van der Waals surface area contributed by atoms with Gasteiger partial charge in [0, 0.05) is 20.6 Å². The molecule has 178 valence electrons. The zero-order chi connectivity index (χ0) is 24.6. The van der Waals surface area contributed by atoms with Gasteiger partial charge in [-0.05, 0) is 109 Å². The minimum Gasteiger partial charge on any atom is -0.366 e. The highest BCUT2D eigenvalue weighted by Gasteiger charge is 2.36. The maximum atomic E-state index is 14.0. The number of benzene rings is 2. The monoisotopic (exact) mass is 590 g/mol. The van der Waals surface area contributed by atoms with E-state index in [4.69, 9.17) is 5.73 Å². The van der Waals surface area contributed by atoms with Crippen LogP contribution < -0.4 is 10.6 Å². The van der Waals surface area contributed by atoms with Crippen molar-refractivity contribution in [2.75, 3.05) is 16.9 Å². The summed E-state index contributed by atoms with van der Waals surface area (Å²) in [4.78, 5) is 28.1. The minimum absolute atomic E-state index is 0.246. The SMILES string of the molecule is CSCC(C)(C)N(C(=O)c1cccc(I)c1C(N)=O)c1ccc(-c2nnnn2C2CC2)cc1C. The second-order valence-corrected chi connectivity index (χ2v) is 11.1. The molecular weight excluding hydrogens is 563 g/mol. The summed E-state index contributed by atoms with van der Waals surface area (Å²) < 4.78 is 2.53. The van der Waals surface area contributed by atoms with E-state index in [1.54, 1.807) is 34.9 Å². The number of nitrogens with two attached hydrogens (primary N) is 1. The van der Waals surface area contributed by atoms with E-state index in [0.717, 1.165) is 35.5 Å². The first-order valence-electron chi connectivity index (χ1n) is 11.0. The van der Waals surface area contributed by atoms with Crippen LogP contribution >= 0.6 is 34.4 Å². The van der Waals surface area contributed by atoms with Gasteiger partial charge in [-0.2, -0.15) is 11.8 Å². The third-order valence-electron chi connectivity index (χ3n) is 5.88. The molecule has 0 atom stereocenters. The van der Waals surface area contributed by atoms with Gasteiger partial charge in [-0.25, -0.2) is 4.68 Å². The molecule has 0 radical (unpaired) electrons. The molecule has 2 aromatic carbocycles. The Hall–Kier alpha value is -2.47. The van der Waals surface area contributed by atoms with Crippen molar-refractivity contribution in [1.82, 2.24) is 20.2 Å². The summed E-state index contributed by atoms with van der Waals surface area (Å²) in [5.74, 6) is 0.558. The Labute approximate surface area is 216 Å². The first-order chi connectivity index (χ1) is 16.2. The molecule has 0 saturated heterocycles. The van der Waals surface area contributed by atoms with E-state index < -0.39 is 11.4 Å². The number of aromatic nitrogens is 4. The number of amides is 2. The molecule has 1 aliphatic carbocycles. The average molecular weight is 590 g/mol. The number of tetrazole rings is 1. The highest BCUT2D eigenvalue weighted by atomic mass is 127. The van der Waals surface area contributed by atoms with Crippen molar-refractivity contribution in [2.24, 2.45) is 5.73 Å². The predicted molar refractivity (Wildman–Crippen MR) is 143 cm³/mol. The molecule has 0 spiro atoms. The number of thioether (sulfide) groups is 1. The fourth-order valence-corrected chi connectivity index (χ4v) is 5.80. The molecule has 1 aromatic heterocycles. The summed E-state index contributed by atoms with van der Waals surface area (Å²) in [5.41, 5.74) is 8.27. The lowest BCUT2D eigenvalue weighted by molar-refractivity contribution is 0.0945. The van der Waals surface area contributed by atoms with Crippen molar-refractivity contribution >= 4 is 51.9 Å². The topological polar surface area (TPSA) is 107 Å². The van der Waals surface area contributed by atoms with Crippen LogP contribution in [0.3, 0.4) is 0 Å². The van der Waals surface area contributed by atoms with Crippen LogP contribution in [0.2, 0.25) is 0 Å². The number of nitrogens with zero attached hydrogens (tertiary/aromatic N) is 5. The second kappa shape index (κ2) is 9.65. The Bertz CT molecular complexity index is 1250. The van der Waals surface area contributed by atoms with Crippen LogP contribution in [0.15, 0.2) is 36.4 Å². The van der Waals surface area contributed by atoms with Gasteiger partial charge in [0.1, 0.15) is 0 Å². The lowest BCUT2D eigenvalue weighted by atomic mass is 9.97. The van der Waals surface area contributed by atoms with Crippen molar-refractivity contribution in [3.63, 3.8) is 0 Å². The third-order valence-corrected chi connectivity index (χ3v) is 7.77. The number of carbonyl (C=O) groups excluding carboxylic acids is 2. The number of halogens is 1. The molecule has 8 nitrogen and oxygen atoms in total. The van der Waals surface area contributed by atoms with Crippen LogP contribution in [-0.4, -0.2) is 49.6 Å². The number of anilines is 1. The van der Waals surface area contributed by atoms with E-state index >= 15 is 0 Å². The second-order valence-electron chi connectivity index (χ2n) is 9.09. The van der Waals surface area contributed by atoms with Crippen molar-refractivity contribution in [2.45, 2.75) is 45.2 Å². The number of aryl methyl sites for hydroxylation is 1. The van der Waals surface area contributed by atoms with Gasteiger partial charge in [0.2, 0.25) is 0 Å². The van der Waals surface area contributed by atoms with Gasteiger partial charge in [-0.1, -0.05) is 6.07 Å². The molecule has 2 N–H and O–H groups in total. The third kappa shape index (κ3) is 4.70. The first kappa shape index (κ1) is 24.6. The van der Waals surface area contributed by atoms with Crippen molar-refractivity contribution < 1.29 is 9.59 Å². The van der Waals surface area contributed by atoms with Gasteiger partial charge < -0.3 is 10.6 Å². The number of rotatable bonds is 8. The molecule has 1 fully saturated rings. The average Bonchev–Trinajstić information content (AvgIpc) is 3.50. The van der Waals surface area contributed by atoms with E-state index in [2.05, 4.69) is 15.5 Å². The molecule has 1 aliphatic rings. The van der Waals surface area contributed by atoms with Gasteiger partial charge in [0.25, 0.3) is 11.8 Å². The molecule has 0 unspecified atom stereocenters. The molecule has 34 heavy (non-hydrogen) atoms. The Morgan fingerprint density at radius 2 is 2.00 bits per heavy atom. The van der Waals surface area contributed by atoms with Crippen LogP contribution in [0, 0.1) is 10.5 Å². The first-order valence-corrected chi connectivity index (χ1v) is 13.4. The fraction of sp³-hybridized carbons (Fsp3) is 0.375. The van der Waals surface area contributed by atoms with Gasteiger partial charge >= 0.3 is 0 Å². The fourth-order valence-electron chi connectivity index (χ4n) is 4.20. The highest BCUT2D eigenvalue weighted by molar-refractivity contribution is 14.1. The zero-order valence-electron chi connectivity index (χ0n) is 19.6. The minimum atomic E-state index is -0.616. The van der Waals surface area contributed by atoms with E-state index in [0.29, 0.717) is 20.9 Å². The summed E-state index contributed by atoms with van der Waals surface area (Å²) in [5, 5.41) is 12.2. The van der Waals surface area contributed by atoms with E-state index in [-0.39, 0.29) is 11.5 Å². The van der Waals surface area contributed by atoms with E-state index in [1.807, 2.05) is 72.5 Å². The molecule has 4 rings (SSSR count). The normalized spacial score (nSPS) is 13.7. The number of primary amides is 1. The van der Waals surface area contributed by atoms with Crippen LogP contribution in [0.4, 0.5) is 5.69 Å². The molecular formula is C24H27IN6O2S. The van der Waals surface area contributed by atoms with Gasteiger partial charge in [0.05, 0.1) is 22.7 Å². The van der Waals surface area contributed by atoms with Crippen molar-refractivity contribution in [3.8, 4) is 11.4 Å². The summed E-state index contributed by atoms with van der Waals surface area (Å²) in [6.45, 7) is 6.03. The van der Waals surface area contributed by atoms with E-state index in [1.165, 1.54) is 0 Å². The Morgan fingerprint density at radius 1 is 1.26 bits per heavy atom. The molecule has 0 aliphatic heterocycles. The Balaban J connectivity index is 1.81. The number of hydrogen-bond donors (Lipinski definition) is 1. The molecule has 10 heteroatoms. The number of hydrogen-bond acceptors (Lipinski definition) is 6. The van der Waals surface area contributed by atoms with Crippen molar-refractivity contribution in [3.05, 3.63) is 56.7 Å². The quantitative estimate of drug-likeness (QED) is 0.388. The van der Waals surface area contributed by atoms with Crippen LogP contribution in [0.5, 0.6) is 0 Å². The molecule has 0 bridgehead atoms. The maximum absolute atomic E-state index is 14.0. The molecule has 2 amide bonds. The van der Waals surface area contributed by atoms with E-state index in [9.17, 15) is 9.59 Å². The van der Waals surface area contributed by atoms with Crippen LogP contribution in [-0.2, 0) is 0 Å². The largest absolute Gasteiger partial charge is 0.366 e. The van der Waals surface area contributed by atoms with Crippen LogP contribution in [0.1, 0.15) is 59.0 Å². The maximum Gasteiger partial charge on any atom is 0.259 e. The highest BCUT2D eigenvalue weighted by Crippen LogP contribution is 2.38. The molecule has 1 saturated carbocycles. The lowest BCUT2D eigenvalue weighted by Crippen LogP contribution is -2.50. The number of carbonyl (C=O) groups is 2. The Morgan fingerprint density at radius 3 is 2.62 bits per heavy atom. The summed E-state index contributed by atoms with van der Waals surface area (Å²) in [6, 6.07) is 11.5. The smallest absolute Gasteiger partial charge is 0.259 e. The lowest BCUT2D eigenvalue weighted by Gasteiger charge is -2.39. The van der Waals surface area contributed by atoms with Gasteiger partial charge in [-0.15, -0.1) is 5.10 Å². The van der Waals surface area contributed by atoms with Gasteiger partial charge in [-0.3, -0.25) is 9.59 Å². The summed E-state index contributed by atoms with van der Waals surface area (Å²) >= 11 is 3.70. The molecule has 3 aromatic rings. The Kier molecular flexibility index (Phi) is 6.99. The zero-order valence-corrected chi connectivity index (χ0v) is 22.6.